The fourth-order valence-electron chi connectivity index (χ4n) is 2.96. The Labute approximate surface area is 148 Å². The number of furan rings is 1. The molecule has 3 aromatic rings. The van der Waals surface area contributed by atoms with Gasteiger partial charge in [-0.3, -0.25) is 0 Å². The fourth-order valence-corrected chi connectivity index (χ4v) is 3.09. The molecule has 0 aliphatic heterocycles. The van der Waals surface area contributed by atoms with Crippen molar-refractivity contribution >= 4 is 11.6 Å². The summed E-state index contributed by atoms with van der Waals surface area (Å²) in [4.78, 5) is 0. The Hall–Kier alpha value is -2.03. The predicted molar refractivity (Wildman–Crippen MR) is 99.5 cm³/mol. The summed E-state index contributed by atoms with van der Waals surface area (Å²) in [5, 5.41) is 4.37. The highest BCUT2D eigenvalue weighted by molar-refractivity contribution is 6.30. The van der Waals surface area contributed by atoms with Crippen molar-refractivity contribution in [2.45, 2.75) is 25.3 Å². The Bertz CT molecular complexity index is 722. The Morgan fingerprint density at radius 1 is 0.917 bits per heavy atom. The molecule has 3 heteroatoms. The minimum Gasteiger partial charge on any atom is -0.469 e. The van der Waals surface area contributed by atoms with Crippen molar-refractivity contribution in [3.63, 3.8) is 0 Å². The van der Waals surface area contributed by atoms with Crippen molar-refractivity contribution in [3.05, 3.63) is 94.9 Å². The molecular weight excluding hydrogens is 318 g/mol. The first-order valence-electron chi connectivity index (χ1n) is 8.31. The molecule has 2 nitrogen and oxygen atoms in total. The molecule has 0 saturated carbocycles. The van der Waals surface area contributed by atoms with E-state index in [9.17, 15) is 0 Å². The van der Waals surface area contributed by atoms with Crippen LogP contribution >= 0.6 is 11.6 Å². The predicted octanol–water partition coefficient (Wildman–Crippen LogP) is 5.81. The number of hydrogen-bond donors (Lipinski definition) is 1. The zero-order chi connectivity index (χ0) is 16.8. The first-order valence-corrected chi connectivity index (χ1v) is 8.69. The minimum atomic E-state index is 0.270. The first-order chi connectivity index (χ1) is 11.7. The fraction of sp³-hybridized carbons (Fsp3) is 0.238. The van der Waals surface area contributed by atoms with Gasteiger partial charge < -0.3 is 9.73 Å². The molecule has 1 aromatic heterocycles. The second kappa shape index (κ2) is 8.18. The number of nitrogens with one attached hydrogen (secondary N) is 1. The molecule has 24 heavy (non-hydrogen) atoms. The normalized spacial score (nSPS) is 13.6. The Kier molecular flexibility index (Phi) is 5.73. The van der Waals surface area contributed by atoms with E-state index in [1.807, 2.05) is 24.3 Å². The van der Waals surface area contributed by atoms with Crippen molar-refractivity contribution in [3.8, 4) is 0 Å². The van der Waals surface area contributed by atoms with E-state index in [2.05, 4.69) is 54.7 Å². The maximum Gasteiger partial charge on any atom is 0.111 e. The van der Waals surface area contributed by atoms with Crippen molar-refractivity contribution in [2.24, 2.45) is 0 Å². The molecule has 124 valence electrons. The molecule has 2 aromatic carbocycles. The third-order valence-corrected chi connectivity index (χ3v) is 4.59. The summed E-state index contributed by atoms with van der Waals surface area (Å²) in [6.45, 7) is 3.08. The molecule has 1 heterocycles. The second-order valence-corrected chi connectivity index (χ2v) is 6.43. The minimum absolute atomic E-state index is 0.270. The molecule has 3 rings (SSSR count). The summed E-state index contributed by atoms with van der Waals surface area (Å²) in [6, 6.07) is 22.8. The van der Waals surface area contributed by atoms with Gasteiger partial charge in [0.1, 0.15) is 5.76 Å². The Morgan fingerprint density at radius 2 is 1.67 bits per heavy atom. The molecule has 2 atom stereocenters. The number of rotatable bonds is 7. The second-order valence-electron chi connectivity index (χ2n) is 5.99. The van der Waals surface area contributed by atoms with Gasteiger partial charge in [0.2, 0.25) is 0 Å². The average molecular weight is 340 g/mol. The standard InChI is InChI=1S/C21H22ClNO/c1-16(17-9-11-19(22)12-10-17)23-14-13-20(21-8-5-15-24-21)18-6-3-2-4-7-18/h2-12,15-16,20,23H,13-14H2,1H3/t16-,20-/m0/s1. The smallest absolute Gasteiger partial charge is 0.111 e. The molecule has 0 fully saturated rings. The lowest BCUT2D eigenvalue weighted by molar-refractivity contribution is 0.457. The van der Waals surface area contributed by atoms with Gasteiger partial charge in [-0.2, -0.15) is 0 Å². The van der Waals surface area contributed by atoms with E-state index in [1.54, 1.807) is 6.26 Å². The zero-order valence-corrected chi connectivity index (χ0v) is 14.5. The SMILES string of the molecule is C[C@H](NCC[C@@H](c1ccccc1)c1ccco1)c1ccc(Cl)cc1. The van der Waals surface area contributed by atoms with E-state index in [0.717, 1.165) is 23.7 Å². The summed E-state index contributed by atoms with van der Waals surface area (Å²) in [5.41, 5.74) is 2.53. The molecule has 0 bridgehead atoms. The van der Waals surface area contributed by atoms with Gasteiger partial charge in [0.25, 0.3) is 0 Å². The molecule has 0 spiro atoms. The van der Waals surface area contributed by atoms with E-state index >= 15 is 0 Å². The van der Waals surface area contributed by atoms with E-state index in [1.165, 1.54) is 11.1 Å². The highest BCUT2D eigenvalue weighted by Gasteiger charge is 2.17. The van der Waals surface area contributed by atoms with Gasteiger partial charge in [-0.1, -0.05) is 54.1 Å². The summed E-state index contributed by atoms with van der Waals surface area (Å²) >= 11 is 5.96. The lowest BCUT2D eigenvalue weighted by Gasteiger charge is -2.19. The molecule has 1 N–H and O–H groups in total. The van der Waals surface area contributed by atoms with Crippen LogP contribution < -0.4 is 5.32 Å². The van der Waals surface area contributed by atoms with E-state index < -0.39 is 0 Å². The van der Waals surface area contributed by atoms with Gasteiger partial charge in [-0.25, -0.2) is 0 Å². The largest absolute Gasteiger partial charge is 0.469 e. The summed E-state index contributed by atoms with van der Waals surface area (Å²) in [7, 11) is 0. The number of benzene rings is 2. The van der Waals surface area contributed by atoms with Crippen LogP contribution in [-0.4, -0.2) is 6.54 Å². The zero-order valence-electron chi connectivity index (χ0n) is 13.8. The maximum atomic E-state index is 5.96. The van der Waals surface area contributed by atoms with Crippen LogP contribution in [0.25, 0.3) is 0 Å². The van der Waals surface area contributed by atoms with Gasteiger partial charge in [0, 0.05) is 17.0 Å². The molecule has 0 radical (unpaired) electrons. The van der Waals surface area contributed by atoms with Gasteiger partial charge in [0.15, 0.2) is 0 Å². The van der Waals surface area contributed by atoms with E-state index in [4.69, 9.17) is 16.0 Å². The number of halogens is 1. The monoisotopic (exact) mass is 339 g/mol. The first kappa shape index (κ1) is 16.8. The van der Waals surface area contributed by atoms with E-state index in [-0.39, 0.29) is 12.0 Å². The third kappa shape index (κ3) is 4.28. The van der Waals surface area contributed by atoms with Crippen LogP contribution in [0.1, 0.15) is 42.2 Å². The molecular formula is C21H22ClNO. The lowest BCUT2D eigenvalue weighted by atomic mass is 9.93. The molecule has 0 aliphatic rings. The van der Waals surface area contributed by atoms with Crippen LogP contribution in [0, 0.1) is 0 Å². The highest BCUT2D eigenvalue weighted by atomic mass is 35.5. The molecule has 0 aliphatic carbocycles. The lowest BCUT2D eigenvalue weighted by Crippen LogP contribution is -2.21. The molecule has 0 saturated heterocycles. The Balaban J connectivity index is 1.63. The van der Waals surface area contributed by atoms with Gasteiger partial charge in [-0.05, 0) is 55.3 Å². The number of hydrogen-bond acceptors (Lipinski definition) is 2. The molecule has 0 amide bonds. The quantitative estimate of drug-likeness (QED) is 0.588. The third-order valence-electron chi connectivity index (χ3n) is 4.34. The van der Waals surface area contributed by atoms with Gasteiger partial charge >= 0.3 is 0 Å². The Morgan fingerprint density at radius 3 is 2.33 bits per heavy atom. The van der Waals surface area contributed by atoms with Crippen LogP contribution in [0.4, 0.5) is 0 Å². The van der Waals surface area contributed by atoms with Crippen molar-refractivity contribution in [2.75, 3.05) is 6.54 Å². The van der Waals surface area contributed by atoms with Crippen LogP contribution in [0.5, 0.6) is 0 Å². The van der Waals surface area contributed by atoms with Crippen molar-refractivity contribution in [1.29, 1.82) is 0 Å². The summed E-state index contributed by atoms with van der Waals surface area (Å²) < 4.78 is 5.66. The maximum absolute atomic E-state index is 5.96. The van der Waals surface area contributed by atoms with Crippen LogP contribution in [0.3, 0.4) is 0 Å². The van der Waals surface area contributed by atoms with Crippen LogP contribution in [0.2, 0.25) is 5.02 Å². The van der Waals surface area contributed by atoms with Crippen molar-refractivity contribution < 1.29 is 4.42 Å². The summed E-state index contributed by atoms with van der Waals surface area (Å²) in [6.07, 6.45) is 2.73. The van der Waals surface area contributed by atoms with Crippen LogP contribution in [0.15, 0.2) is 77.4 Å². The van der Waals surface area contributed by atoms with Gasteiger partial charge in [-0.15, -0.1) is 0 Å². The highest BCUT2D eigenvalue weighted by Crippen LogP contribution is 2.28. The van der Waals surface area contributed by atoms with E-state index in [0.29, 0.717) is 0 Å². The summed E-state index contributed by atoms with van der Waals surface area (Å²) in [5.74, 6) is 1.29. The average Bonchev–Trinajstić information content (AvgIpc) is 3.14. The van der Waals surface area contributed by atoms with Gasteiger partial charge in [0.05, 0.1) is 6.26 Å². The molecule has 0 unspecified atom stereocenters. The van der Waals surface area contributed by atoms with Crippen LogP contribution in [-0.2, 0) is 0 Å². The van der Waals surface area contributed by atoms with Crippen molar-refractivity contribution in [1.82, 2.24) is 5.32 Å². The topological polar surface area (TPSA) is 25.2 Å².